The van der Waals surface area contributed by atoms with Crippen LogP contribution in [0.4, 0.5) is 0 Å². The molecule has 1 heterocycles. The zero-order valence-electron chi connectivity index (χ0n) is 23.3. The van der Waals surface area contributed by atoms with Gasteiger partial charge in [-0.25, -0.2) is 0 Å². The van der Waals surface area contributed by atoms with Gasteiger partial charge in [0.05, 0.1) is 32.5 Å². The number of benzene rings is 1. The van der Waals surface area contributed by atoms with E-state index in [0.29, 0.717) is 30.1 Å². The summed E-state index contributed by atoms with van der Waals surface area (Å²) >= 11 is 0. The van der Waals surface area contributed by atoms with Gasteiger partial charge in [-0.3, -0.25) is 8.98 Å². The summed E-state index contributed by atoms with van der Waals surface area (Å²) in [7, 11) is -2.53. The van der Waals surface area contributed by atoms with Crippen molar-refractivity contribution in [2.75, 3.05) is 27.1 Å². The van der Waals surface area contributed by atoms with E-state index in [2.05, 4.69) is 40.8 Å². The SMILES string of the molecule is COC1=C[C@@]2(CCCOS(C)(=O)=O)C(=CC1=O)O[C@@H](c1ccc(O[Si](C)(C)C(C)(C)C)c(OC)c1)[C@H]2C. The Morgan fingerprint density at radius 1 is 1.11 bits per heavy atom. The number of allylic oxidation sites excluding steroid dienone is 2. The van der Waals surface area contributed by atoms with Crippen molar-refractivity contribution in [2.45, 2.75) is 64.8 Å². The number of hydrogen-bond acceptors (Lipinski definition) is 8. The molecule has 37 heavy (non-hydrogen) atoms. The predicted molar refractivity (Wildman–Crippen MR) is 144 cm³/mol. The van der Waals surface area contributed by atoms with Crippen molar-refractivity contribution < 1.29 is 36.0 Å². The number of fused-ring (bicyclic) bond motifs is 1. The van der Waals surface area contributed by atoms with Crippen LogP contribution in [0.1, 0.15) is 52.2 Å². The molecule has 1 fully saturated rings. The maximum atomic E-state index is 12.6. The minimum Gasteiger partial charge on any atom is -0.541 e. The summed E-state index contributed by atoms with van der Waals surface area (Å²) in [5.74, 6) is 1.78. The van der Waals surface area contributed by atoms with Crippen LogP contribution < -0.4 is 9.16 Å². The standard InChI is InChI=1S/C27H40O8SSi/c1-18-25(19-11-12-21(22(15-19)31-5)35-37(8,9)26(2,3)4)34-24-16-20(28)23(32-6)17-27(18,24)13-10-14-33-36(7,29)30/h11-12,15-18,25H,10,13-14H2,1-9H3/t18-,25-,27-/m1/s1. The second kappa shape index (κ2) is 10.5. The van der Waals surface area contributed by atoms with Crippen molar-refractivity contribution in [2.24, 2.45) is 11.3 Å². The molecule has 0 N–H and O–H groups in total. The summed E-state index contributed by atoms with van der Waals surface area (Å²) in [5, 5.41) is 0.0348. The first-order valence-electron chi connectivity index (χ1n) is 12.5. The van der Waals surface area contributed by atoms with E-state index >= 15 is 0 Å². The molecule has 3 rings (SSSR count). The van der Waals surface area contributed by atoms with Gasteiger partial charge in [0.1, 0.15) is 17.6 Å². The normalized spacial score (nSPS) is 24.1. The number of hydrogen-bond donors (Lipinski definition) is 0. The quantitative estimate of drug-likeness (QED) is 0.212. The molecule has 8 nitrogen and oxygen atoms in total. The number of carbonyl (C=O) groups is 1. The minimum atomic E-state index is -3.54. The number of rotatable bonds is 10. The van der Waals surface area contributed by atoms with Gasteiger partial charge in [-0.1, -0.05) is 33.8 Å². The van der Waals surface area contributed by atoms with Crippen LogP contribution in [0.2, 0.25) is 18.1 Å². The van der Waals surface area contributed by atoms with Gasteiger partial charge in [-0.2, -0.15) is 8.42 Å². The van der Waals surface area contributed by atoms with E-state index in [4.69, 9.17) is 22.8 Å². The van der Waals surface area contributed by atoms with Gasteiger partial charge in [-0.15, -0.1) is 0 Å². The van der Waals surface area contributed by atoms with Crippen molar-refractivity contribution >= 4 is 24.2 Å². The van der Waals surface area contributed by atoms with Crippen LogP contribution in [0.3, 0.4) is 0 Å². The third-order valence-corrected chi connectivity index (χ3v) is 12.8. The summed E-state index contributed by atoms with van der Waals surface area (Å²) in [6.45, 7) is 13.0. The number of ketones is 1. The lowest BCUT2D eigenvalue weighted by molar-refractivity contribution is -0.114. The Morgan fingerprint density at radius 3 is 2.35 bits per heavy atom. The predicted octanol–water partition coefficient (Wildman–Crippen LogP) is 5.53. The van der Waals surface area contributed by atoms with Gasteiger partial charge in [-0.05, 0) is 54.7 Å². The topological polar surface area (TPSA) is 97.4 Å². The third kappa shape index (κ3) is 6.07. The lowest BCUT2D eigenvalue weighted by atomic mass is 9.68. The summed E-state index contributed by atoms with van der Waals surface area (Å²) < 4.78 is 51.8. The molecule has 0 saturated carbocycles. The first-order chi connectivity index (χ1) is 17.0. The van der Waals surface area contributed by atoms with Crippen molar-refractivity contribution in [3.05, 3.63) is 47.4 Å². The van der Waals surface area contributed by atoms with Crippen molar-refractivity contribution in [1.29, 1.82) is 0 Å². The lowest BCUT2D eigenvalue weighted by Gasteiger charge is -2.37. The summed E-state index contributed by atoms with van der Waals surface area (Å²) in [5.41, 5.74) is 0.253. The zero-order chi connectivity index (χ0) is 27.8. The Bertz CT molecular complexity index is 1200. The second-order valence-electron chi connectivity index (χ2n) is 11.4. The van der Waals surface area contributed by atoms with Gasteiger partial charge < -0.3 is 18.6 Å². The van der Waals surface area contributed by atoms with Crippen LogP contribution in [0, 0.1) is 11.3 Å². The number of carbonyl (C=O) groups excluding carboxylic acids is 1. The molecule has 1 saturated heterocycles. The molecule has 0 spiro atoms. The zero-order valence-corrected chi connectivity index (χ0v) is 25.2. The first-order valence-corrected chi connectivity index (χ1v) is 17.2. The molecule has 10 heteroatoms. The largest absolute Gasteiger partial charge is 0.541 e. The van der Waals surface area contributed by atoms with E-state index in [1.165, 1.54) is 13.2 Å². The maximum absolute atomic E-state index is 12.6. The van der Waals surface area contributed by atoms with E-state index in [1.807, 2.05) is 24.3 Å². The fraction of sp³-hybridized carbons (Fsp3) is 0.593. The fourth-order valence-electron chi connectivity index (χ4n) is 4.60. The van der Waals surface area contributed by atoms with Crippen LogP contribution in [0.25, 0.3) is 0 Å². The van der Waals surface area contributed by atoms with E-state index in [9.17, 15) is 13.2 Å². The monoisotopic (exact) mass is 552 g/mol. The molecule has 1 aromatic rings. The highest BCUT2D eigenvalue weighted by Gasteiger charge is 2.53. The third-order valence-electron chi connectivity index (χ3n) is 7.81. The van der Waals surface area contributed by atoms with Crippen LogP contribution in [0.15, 0.2) is 41.9 Å². The van der Waals surface area contributed by atoms with Crippen LogP contribution >= 0.6 is 0 Å². The molecular weight excluding hydrogens is 512 g/mol. The minimum absolute atomic E-state index is 0.0348. The Balaban J connectivity index is 1.94. The van der Waals surface area contributed by atoms with E-state index in [-0.39, 0.29) is 35.2 Å². The smallest absolute Gasteiger partial charge is 0.264 e. The van der Waals surface area contributed by atoms with Crippen molar-refractivity contribution in [1.82, 2.24) is 0 Å². The molecule has 0 radical (unpaired) electrons. The molecule has 1 aliphatic carbocycles. The number of methoxy groups -OCH3 is 2. The highest BCUT2D eigenvalue weighted by Crippen LogP contribution is 2.58. The highest BCUT2D eigenvalue weighted by molar-refractivity contribution is 7.85. The molecule has 0 amide bonds. The molecular formula is C27H40O8SSi. The van der Waals surface area contributed by atoms with Crippen LogP contribution in [0.5, 0.6) is 11.5 Å². The molecule has 0 aromatic heterocycles. The lowest BCUT2D eigenvalue weighted by Crippen LogP contribution is -2.43. The average Bonchev–Trinajstić information content (AvgIpc) is 3.06. The van der Waals surface area contributed by atoms with Crippen molar-refractivity contribution in [3.63, 3.8) is 0 Å². The average molecular weight is 553 g/mol. The van der Waals surface area contributed by atoms with Crippen LogP contribution in [-0.2, 0) is 28.6 Å². The van der Waals surface area contributed by atoms with Gasteiger partial charge in [0.15, 0.2) is 11.5 Å². The Labute approximate surface area is 222 Å². The van der Waals surface area contributed by atoms with E-state index in [0.717, 1.165) is 11.8 Å². The summed E-state index contributed by atoms with van der Waals surface area (Å²) in [6.07, 6.45) is 4.95. The number of ether oxygens (including phenoxy) is 3. The van der Waals surface area contributed by atoms with E-state index in [1.54, 1.807) is 7.11 Å². The van der Waals surface area contributed by atoms with E-state index < -0.39 is 23.9 Å². The molecule has 0 unspecified atom stereocenters. The maximum Gasteiger partial charge on any atom is 0.264 e. The molecule has 2 aliphatic rings. The van der Waals surface area contributed by atoms with Crippen molar-refractivity contribution in [3.8, 4) is 11.5 Å². The fourth-order valence-corrected chi connectivity index (χ4v) is 6.04. The van der Waals surface area contributed by atoms with Gasteiger partial charge in [0, 0.05) is 12.0 Å². The van der Waals surface area contributed by atoms with Gasteiger partial charge in [0.2, 0.25) is 5.78 Å². The Kier molecular flexibility index (Phi) is 8.27. The molecule has 3 atom stereocenters. The van der Waals surface area contributed by atoms with Gasteiger partial charge >= 0.3 is 0 Å². The molecule has 1 aromatic carbocycles. The Morgan fingerprint density at radius 2 is 1.78 bits per heavy atom. The highest BCUT2D eigenvalue weighted by atomic mass is 32.2. The summed E-state index contributed by atoms with van der Waals surface area (Å²) in [6, 6.07) is 5.84. The second-order valence-corrected chi connectivity index (χ2v) is 17.7. The molecule has 1 aliphatic heterocycles. The van der Waals surface area contributed by atoms with Crippen LogP contribution in [-0.4, -0.2) is 49.6 Å². The van der Waals surface area contributed by atoms with Gasteiger partial charge in [0.25, 0.3) is 18.4 Å². The first kappa shape index (κ1) is 29.3. The summed E-state index contributed by atoms with van der Waals surface area (Å²) in [4.78, 5) is 12.6. The molecule has 206 valence electrons. The Hall–Kier alpha value is -2.30. The molecule has 0 bridgehead atoms.